The highest BCUT2D eigenvalue weighted by Gasteiger charge is 2.56. The fraction of sp³-hybridized carbons (Fsp3) is 0.294. The number of hydrogen-bond donors (Lipinski definition) is 1. The molecule has 0 bridgehead atoms. The zero-order valence-electron chi connectivity index (χ0n) is 23.5. The van der Waals surface area contributed by atoms with Crippen LogP contribution in [0.25, 0.3) is 21.8 Å². The fourth-order valence-electron chi connectivity index (χ4n) is 7.41. The maximum Gasteiger partial charge on any atom is 0.268 e. The Labute approximate surface area is 245 Å². The van der Waals surface area contributed by atoms with Gasteiger partial charge in [0.05, 0.1) is 21.9 Å². The molecule has 214 valence electrons. The van der Waals surface area contributed by atoms with E-state index in [0.29, 0.717) is 42.3 Å². The standard InChI is InChI=1S/C34H33N3O4S/c1-2-3-20-34-28(17-18-31(38)36(34)21-19-26-24-13-7-9-15-29(24)35-33(26)34)32(39)27-22-37(30-16-10-8-14-25(27)30)42(40,41)23-11-5-4-6-12-23/h4-16,22,28,35H,2-3,17-21H2,1H3/t28-,34-/m0/s1. The van der Waals surface area contributed by atoms with Crippen molar-refractivity contribution in [2.45, 2.75) is 55.9 Å². The summed E-state index contributed by atoms with van der Waals surface area (Å²) in [6, 6.07) is 23.6. The number of rotatable bonds is 7. The van der Waals surface area contributed by atoms with Gasteiger partial charge < -0.3 is 9.88 Å². The Morgan fingerprint density at radius 1 is 0.952 bits per heavy atom. The molecule has 8 heteroatoms. The van der Waals surface area contributed by atoms with Crippen LogP contribution in [0.15, 0.2) is 90.0 Å². The maximum absolute atomic E-state index is 14.9. The number of piperidine rings is 1. The Hall–Kier alpha value is -4.17. The molecule has 1 fully saturated rings. The van der Waals surface area contributed by atoms with E-state index in [-0.39, 0.29) is 16.6 Å². The number of fused-ring (bicyclic) bond motifs is 6. The minimum atomic E-state index is -3.94. The monoisotopic (exact) mass is 579 g/mol. The van der Waals surface area contributed by atoms with Gasteiger partial charge in [0.2, 0.25) is 5.91 Å². The van der Waals surface area contributed by atoms with Crippen molar-refractivity contribution in [1.29, 1.82) is 0 Å². The molecule has 7 nitrogen and oxygen atoms in total. The minimum absolute atomic E-state index is 0.0774. The number of nitrogens with zero attached hydrogens (tertiary/aromatic N) is 2. The van der Waals surface area contributed by atoms with Gasteiger partial charge in [0.15, 0.2) is 5.78 Å². The van der Waals surface area contributed by atoms with Gasteiger partial charge in [-0.25, -0.2) is 12.4 Å². The van der Waals surface area contributed by atoms with Crippen molar-refractivity contribution in [3.8, 4) is 0 Å². The van der Waals surface area contributed by atoms with Gasteiger partial charge in [-0.05, 0) is 49.1 Å². The third-order valence-electron chi connectivity index (χ3n) is 9.31. The Morgan fingerprint density at radius 2 is 1.67 bits per heavy atom. The first-order valence-corrected chi connectivity index (χ1v) is 16.2. The van der Waals surface area contributed by atoms with Crippen LogP contribution >= 0.6 is 0 Å². The van der Waals surface area contributed by atoms with Crippen LogP contribution in [0.2, 0.25) is 0 Å². The molecule has 2 aliphatic heterocycles. The molecule has 0 saturated carbocycles. The highest BCUT2D eigenvalue weighted by atomic mass is 32.2. The van der Waals surface area contributed by atoms with Gasteiger partial charge in [-0.3, -0.25) is 9.59 Å². The lowest BCUT2D eigenvalue weighted by molar-refractivity contribution is -0.148. The van der Waals surface area contributed by atoms with Crippen molar-refractivity contribution < 1.29 is 18.0 Å². The Bertz CT molecular complexity index is 1960. The quantitative estimate of drug-likeness (QED) is 0.225. The van der Waals surface area contributed by atoms with E-state index in [1.807, 2.05) is 29.2 Å². The van der Waals surface area contributed by atoms with Crippen LogP contribution in [0.1, 0.15) is 60.6 Å². The van der Waals surface area contributed by atoms with Crippen molar-refractivity contribution in [1.82, 2.24) is 13.9 Å². The molecule has 1 amide bonds. The number of ketones is 1. The van der Waals surface area contributed by atoms with Gasteiger partial charge in [0.1, 0.15) is 0 Å². The Morgan fingerprint density at radius 3 is 2.45 bits per heavy atom. The van der Waals surface area contributed by atoms with E-state index < -0.39 is 21.5 Å². The molecule has 1 saturated heterocycles. The summed E-state index contributed by atoms with van der Waals surface area (Å²) < 4.78 is 28.8. The fourth-order valence-corrected chi connectivity index (χ4v) is 8.80. The molecule has 42 heavy (non-hydrogen) atoms. The number of unbranched alkanes of at least 4 members (excludes halogenated alkanes) is 1. The summed E-state index contributed by atoms with van der Waals surface area (Å²) in [4.78, 5) is 34.2. The van der Waals surface area contributed by atoms with Crippen LogP contribution in [0.3, 0.4) is 0 Å². The number of Topliss-reactive ketones (excluding diaryl/α,β-unsaturated/α-hetero) is 1. The highest BCUT2D eigenvalue weighted by molar-refractivity contribution is 7.90. The molecule has 0 radical (unpaired) electrons. The molecule has 0 aliphatic carbocycles. The summed E-state index contributed by atoms with van der Waals surface area (Å²) in [5, 5.41) is 1.74. The van der Waals surface area contributed by atoms with Gasteiger partial charge in [0.25, 0.3) is 10.0 Å². The Kier molecular flexibility index (Phi) is 6.35. The van der Waals surface area contributed by atoms with Crippen LogP contribution in [-0.2, 0) is 26.8 Å². The molecule has 2 aromatic heterocycles. The Balaban J connectivity index is 1.43. The zero-order valence-corrected chi connectivity index (χ0v) is 24.4. The number of aromatic nitrogens is 2. The van der Waals surface area contributed by atoms with Gasteiger partial charge in [-0.15, -0.1) is 0 Å². The average molecular weight is 580 g/mol. The molecule has 5 aromatic rings. The first kappa shape index (κ1) is 26.7. The average Bonchev–Trinajstić information content (AvgIpc) is 3.60. The van der Waals surface area contributed by atoms with Crippen molar-refractivity contribution in [2.75, 3.05) is 6.54 Å². The third kappa shape index (κ3) is 3.81. The van der Waals surface area contributed by atoms with Gasteiger partial charge >= 0.3 is 0 Å². The largest absolute Gasteiger partial charge is 0.356 e. The number of amides is 1. The van der Waals surface area contributed by atoms with E-state index in [4.69, 9.17) is 0 Å². The van der Waals surface area contributed by atoms with Crippen molar-refractivity contribution in [3.05, 3.63) is 102 Å². The van der Waals surface area contributed by atoms with Crippen LogP contribution in [0, 0.1) is 5.92 Å². The van der Waals surface area contributed by atoms with E-state index in [9.17, 15) is 18.0 Å². The van der Waals surface area contributed by atoms with Gasteiger partial charge in [0, 0.05) is 46.7 Å². The summed E-state index contributed by atoms with van der Waals surface area (Å²) in [7, 11) is -3.94. The molecule has 2 aliphatic rings. The van der Waals surface area contributed by atoms with E-state index in [0.717, 1.165) is 35.9 Å². The molecule has 4 heterocycles. The number of carbonyl (C=O) groups is 2. The lowest BCUT2D eigenvalue weighted by atomic mass is 9.65. The molecule has 0 spiro atoms. The molecule has 3 aromatic carbocycles. The third-order valence-corrected chi connectivity index (χ3v) is 11.0. The summed E-state index contributed by atoms with van der Waals surface area (Å²) in [6.07, 6.45) is 5.37. The maximum atomic E-state index is 14.9. The number of aromatic amines is 1. The number of benzene rings is 3. The van der Waals surface area contributed by atoms with Crippen molar-refractivity contribution >= 4 is 43.5 Å². The molecule has 7 rings (SSSR count). The van der Waals surface area contributed by atoms with Gasteiger partial charge in [-0.1, -0.05) is 74.4 Å². The topological polar surface area (TPSA) is 92.2 Å². The normalized spacial score (nSPS) is 20.5. The van der Waals surface area contributed by atoms with E-state index >= 15 is 0 Å². The first-order chi connectivity index (χ1) is 20.4. The second kappa shape index (κ2) is 9.98. The predicted octanol–water partition coefficient (Wildman–Crippen LogP) is 6.42. The number of H-pyrrole nitrogens is 1. The van der Waals surface area contributed by atoms with Crippen LogP contribution in [0.5, 0.6) is 0 Å². The second-order valence-corrected chi connectivity index (χ2v) is 13.3. The van der Waals surface area contributed by atoms with Crippen molar-refractivity contribution in [3.63, 3.8) is 0 Å². The second-order valence-electron chi connectivity index (χ2n) is 11.5. The molecular weight excluding hydrogens is 546 g/mol. The van der Waals surface area contributed by atoms with Gasteiger partial charge in [-0.2, -0.15) is 0 Å². The summed E-state index contributed by atoms with van der Waals surface area (Å²) >= 11 is 0. The van der Waals surface area contributed by atoms with Crippen LogP contribution in [-0.4, -0.2) is 40.5 Å². The summed E-state index contributed by atoms with van der Waals surface area (Å²) in [5.74, 6) is -0.561. The lowest BCUT2D eigenvalue weighted by Crippen LogP contribution is -2.62. The number of hydrogen-bond acceptors (Lipinski definition) is 4. The van der Waals surface area contributed by atoms with Crippen LogP contribution < -0.4 is 0 Å². The first-order valence-electron chi connectivity index (χ1n) is 14.7. The highest BCUT2D eigenvalue weighted by Crippen LogP contribution is 2.52. The SMILES string of the molecule is CCCC[C@]12c3[nH]c4ccccc4c3CCN1C(=O)CC[C@H]2C(=O)c1cn(S(=O)(=O)c2ccccc2)c2ccccc12. The predicted molar refractivity (Wildman–Crippen MR) is 163 cm³/mol. The molecular formula is C34H33N3O4S. The van der Waals surface area contributed by atoms with E-state index in [1.165, 1.54) is 15.7 Å². The minimum Gasteiger partial charge on any atom is -0.356 e. The summed E-state index contributed by atoms with van der Waals surface area (Å²) in [5.41, 5.74) is 3.18. The number of carbonyl (C=O) groups excluding carboxylic acids is 2. The molecule has 2 atom stereocenters. The lowest BCUT2D eigenvalue weighted by Gasteiger charge is -2.54. The number of nitrogens with one attached hydrogen (secondary N) is 1. The van der Waals surface area contributed by atoms with E-state index in [1.54, 1.807) is 42.5 Å². The smallest absolute Gasteiger partial charge is 0.268 e. The number of para-hydroxylation sites is 2. The molecule has 0 unspecified atom stereocenters. The summed E-state index contributed by atoms with van der Waals surface area (Å²) in [6.45, 7) is 2.69. The molecule has 1 N–H and O–H groups in total. The van der Waals surface area contributed by atoms with Crippen molar-refractivity contribution in [2.24, 2.45) is 5.92 Å². The van der Waals surface area contributed by atoms with E-state index in [2.05, 4.69) is 24.0 Å². The van der Waals surface area contributed by atoms with Crippen LogP contribution in [0.4, 0.5) is 0 Å². The zero-order chi connectivity index (χ0) is 29.1.